The maximum Gasteiger partial charge on any atom is 0.123 e. The Morgan fingerprint density at radius 2 is 1.71 bits per heavy atom. The largest absolute Gasteiger partial charge is 0.342 e. The van der Waals surface area contributed by atoms with Gasteiger partial charge in [-0.3, -0.25) is 0 Å². The third kappa shape index (κ3) is 1.99. The van der Waals surface area contributed by atoms with E-state index < -0.39 is 0 Å². The van der Waals surface area contributed by atoms with Crippen LogP contribution in [0.5, 0.6) is 0 Å². The molecule has 3 heteroatoms. The summed E-state index contributed by atoms with van der Waals surface area (Å²) in [4.78, 5) is 3.25. The summed E-state index contributed by atoms with van der Waals surface area (Å²) in [6.07, 6.45) is 0. The van der Waals surface area contributed by atoms with Crippen molar-refractivity contribution >= 4 is 22.4 Å². The molecule has 3 rings (SSSR count). The van der Waals surface area contributed by atoms with E-state index in [1.807, 2.05) is 30.3 Å². The molecule has 0 atom stereocenters. The predicted molar refractivity (Wildman–Crippen MR) is 68.0 cm³/mol. The van der Waals surface area contributed by atoms with E-state index in [4.69, 9.17) is 0 Å². The summed E-state index contributed by atoms with van der Waals surface area (Å²) < 4.78 is 12.8. The highest BCUT2D eigenvalue weighted by molar-refractivity contribution is 5.84. The number of hydrogen-bond donors (Lipinski definition) is 2. The molecule has 1 heterocycles. The van der Waals surface area contributed by atoms with Gasteiger partial charge in [0.05, 0.1) is 0 Å². The van der Waals surface area contributed by atoms with E-state index in [0.29, 0.717) is 0 Å². The number of aromatic nitrogens is 1. The number of H-pyrrole nitrogens is 1. The lowest BCUT2D eigenvalue weighted by Gasteiger charge is -2.02. The Kier molecular flexibility index (Phi) is 2.29. The molecule has 0 bridgehead atoms. The zero-order chi connectivity index (χ0) is 11.7. The Bertz CT molecular complexity index is 608. The first-order chi connectivity index (χ1) is 8.31. The lowest BCUT2D eigenvalue weighted by Crippen LogP contribution is -1.89. The maximum atomic E-state index is 12.8. The molecule has 0 saturated heterocycles. The van der Waals surface area contributed by atoms with Crippen molar-refractivity contribution in [2.75, 3.05) is 5.32 Å². The van der Waals surface area contributed by atoms with E-state index >= 15 is 0 Å². The fraction of sp³-hybridized carbons (Fsp3) is 0. The first kappa shape index (κ1) is 9.90. The monoisotopic (exact) mass is 226 g/mol. The van der Waals surface area contributed by atoms with Crippen LogP contribution in [0.1, 0.15) is 0 Å². The van der Waals surface area contributed by atoms with Gasteiger partial charge in [-0.25, -0.2) is 4.39 Å². The van der Waals surface area contributed by atoms with Gasteiger partial charge in [-0.05, 0) is 36.4 Å². The minimum Gasteiger partial charge on any atom is -0.342 e. The van der Waals surface area contributed by atoms with Gasteiger partial charge in [0.25, 0.3) is 0 Å². The first-order valence-corrected chi connectivity index (χ1v) is 5.42. The average molecular weight is 226 g/mol. The molecule has 2 N–H and O–H groups in total. The number of rotatable bonds is 2. The normalized spacial score (nSPS) is 10.6. The second kappa shape index (κ2) is 3.94. The van der Waals surface area contributed by atoms with Crippen molar-refractivity contribution in [3.8, 4) is 0 Å². The lowest BCUT2D eigenvalue weighted by molar-refractivity contribution is 0.628. The van der Waals surface area contributed by atoms with Crippen molar-refractivity contribution in [3.63, 3.8) is 0 Å². The molecule has 0 spiro atoms. The predicted octanol–water partition coefficient (Wildman–Crippen LogP) is 4.05. The standard InChI is InChI=1S/C14H11FN2/c15-11-5-7-12(8-6-11)16-14-9-10-3-1-2-4-13(10)17-14/h1-9,16-17H. The molecule has 0 aliphatic rings. The zero-order valence-electron chi connectivity index (χ0n) is 9.07. The lowest BCUT2D eigenvalue weighted by atomic mass is 10.2. The summed E-state index contributed by atoms with van der Waals surface area (Å²) in [6.45, 7) is 0. The van der Waals surface area contributed by atoms with Crippen LogP contribution in [0.25, 0.3) is 10.9 Å². The highest BCUT2D eigenvalue weighted by Crippen LogP contribution is 2.21. The van der Waals surface area contributed by atoms with E-state index in [2.05, 4.69) is 10.3 Å². The summed E-state index contributed by atoms with van der Waals surface area (Å²) in [7, 11) is 0. The number of benzene rings is 2. The molecule has 0 saturated carbocycles. The molecule has 17 heavy (non-hydrogen) atoms. The topological polar surface area (TPSA) is 27.8 Å². The molecule has 0 fully saturated rings. The molecular weight excluding hydrogens is 215 g/mol. The minimum atomic E-state index is -0.229. The quantitative estimate of drug-likeness (QED) is 0.677. The Labute approximate surface area is 98.1 Å². The van der Waals surface area contributed by atoms with Gasteiger partial charge >= 0.3 is 0 Å². The van der Waals surface area contributed by atoms with Gasteiger partial charge in [-0.2, -0.15) is 0 Å². The summed E-state index contributed by atoms with van der Waals surface area (Å²) in [5.74, 6) is 0.671. The molecule has 1 aromatic heterocycles. The van der Waals surface area contributed by atoms with E-state index in [-0.39, 0.29) is 5.82 Å². The maximum absolute atomic E-state index is 12.8. The second-order valence-electron chi connectivity index (χ2n) is 3.90. The van der Waals surface area contributed by atoms with Crippen LogP contribution in [-0.2, 0) is 0 Å². The highest BCUT2D eigenvalue weighted by Gasteiger charge is 2.00. The highest BCUT2D eigenvalue weighted by atomic mass is 19.1. The second-order valence-corrected chi connectivity index (χ2v) is 3.90. The Balaban J connectivity index is 1.92. The molecular formula is C14H11FN2. The van der Waals surface area contributed by atoms with E-state index in [1.165, 1.54) is 12.1 Å². The molecule has 2 nitrogen and oxygen atoms in total. The SMILES string of the molecule is Fc1ccc(Nc2cc3ccccc3[nH]2)cc1. The third-order valence-corrected chi connectivity index (χ3v) is 2.65. The van der Waals surface area contributed by atoms with Crippen LogP contribution >= 0.6 is 0 Å². The number of para-hydroxylation sites is 1. The Morgan fingerprint density at radius 1 is 0.941 bits per heavy atom. The van der Waals surface area contributed by atoms with Crippen molar-refractivity contribution in [2.45, 2.75) is 0 Å². The fourth-order valence-electron chi connectivity index (χ4n) is 1.83. The molecule has 0 unspecified atom stereocenters. The third-order valence-electron chi connectivity index (χ3n) is 2.65. The number of fused-ring (bicyclic) bond motifs is 1. The van der Waals surface area contributed by atoms with Crippen LogP contribution in [0.4, 0.5) is 15.9 Å². The van der Waals surface area contributed by atoms with Gasteiger partial charge in [0, 0.05) is 16.6 Å². The van der Waals surface area contributed by atoms with Gasteiger partial charge < -0.3 is 10.3 Å². The van der Waals surface area contributed by atoms with Crippen LogP contribution in [0.15, 0.2) is 54.6 Å². The number of aromatic amines is 1. The van der Waals surface area contributed by atoms with E-state index in [1.54, 1.807) is 12.1 Å². The number of halogens is 1. The minimum absolute atomic E-state index is 0.229. The van der Waals surface area contributed by atoms with Crippen molar-refractivity contribution in [1.82, 2.24) is 4.98 Å². The van der Waals surface area contributed by atoms with Gasteiger partial charge in [0.2, 0.25) is 0 Å². The van der Waals surface area contributed by atoms with Gasteiger partial charge in [0.15, 0.2) is 0 Å². The smallest absolute Gasteiger partial charge is 0.123 e. The molecule has 0 aliphatic heterocycles. The van der Waals surface area contributed by atoms with Crippen molar-refractivity contribution in [3.05, 3.63) is 60.4 Å². The molecule has 84 valence electrons. The number of hydrogen-bond acceptors (Lipinski definition) is 1. The molecule has 3 aromatic rings. The number of nitrogens with one attached hydrogen (secondary N) is 2. The molecule has 0 amide bonds. The summed E-state index contributed by atoms with van der Waals surface area (Å²) in [5, 5.41) is 4.35. The summed E-state index contributed by atoms with van der Waals surface area (Å²) >= 11 is 0. The Hall–Kier alpha value is -2.29. The van der Waals surface area contributed by atoms with Gasteiger partial charge in [0.1, 0.15) is 11.6 Å². The van der Waals surface area contributed by atoms with Gasteiger partial charge in [-0.15, -0.1) is 0 Å². The molecule has 2 aromatic carbocycles. The van der Waals surface area contributed by atoms with Gasteiger partial charge in [-0.1, -0.05) is 18.2 Å². The molecule has 0 radical (unpaired) electrons. The molecule has 0 aliphatic carbocycles. The number of anilines is 2. The van der Waals surface area contributed by atoms with Crippen molar-refractivity contribution in [2.24, 2.45) is 0 Å². The zero-order valence-corrected chi connectivity index (χ0v) is 9.07. The van der Waals surface area contributed by atoms with E-state index in [9.17, 15) is 4.39 Å². The van der Waals surface area contributed by atoms with E-state index in [0.717, 1.165) is 22.4 Å². The van der Waals surface area contributed by atoms with Crippen molar-refractivity contribution in [1.29, 1.82) is 0 Å². The van der Waals surface area contributed by atoms with Crippen LogP contribution in [-0.4, -0.2) is 4.98 Å². The van der Waals surface area contributed by atoms with Crippen LogP contribution < -0.4 is 5.32 Å². The average Bonchev–Trinajstić information content (AvgIpc) is 2.74. The Morgan fingerprint density at radius 3 is 2.47 bits per heavy atom. The van der Waals surface area contributed by atoms with Crippen molar-refractivity contribution < 1.29 is 4.39 Å². The van der Waals surface area contributed by atoms with Crippen LogP contribution in [0.3, 0.4) is 0 Å². The fourth-order valence-corrected chi connectivity index (χ4v) is 1.83. The van der Waals surface area contributed by atoms with Crippen LogP contribution in [0.2, 0.25) is 0 Å². The summed E-state index contributed by atoms with van der Waals surface area (Å²) in [5.41, 5.74) is 1.94. The first-order valence-electron chi connectivity index (χ1n) is 5.42. The summed E-state index contributed by atoms with van der Waals surface area (Å²) in [6, 6.07) is 16.4. The van der Waals surface area contributed by atoms with Crippen LogP contribution in [0, 0.1) is 5.82 Å².